The first kappa shape index (κ1) is 18.9. The predicted molar refractivity (Wildman–Crippen MR) is 95.2 cm³/mol. The molecular weight excluding hydrogens is 340 g/mol. The van der Waals surface area contributed by atoms with Gasteiger partial charge in [0.05, 0.1) is 28.4 Å². The number of carbonyl (C=O) groups is 1. The molecular formula is C18H20N2O6. The first-order chi connectivity index (χ1) is 12.5. The van der Waals surface area contributed by atoms with Crippen LogP contribution in [0.3, 0.4) is 0 Å². The third-order valence-electron chi connectivity index (χ3n) is 3.54. The number of rotatable bonds is 7. The van der Waals surface area contributed by atoms with Crippen LogP contribution < -0.4 is 24.7 Å². The van der Waals surface area contributed by atoms with Crippen LogP contribution in [0, 0.1) is 0 Å². The molecule has 0 unspecified atom stereocenters. The molecule has 8 heteroatoms. The standard InChI is InChI=1S/C18H20N2O6/c1-22-12-9-8-11(10-15(12)25-4)17(19)20-26-18(21)16-13(23-2)6-5-7-14(16)24-3/h5-10H,1-4H3,(H2,19,20). The van der Waals surface area contributed by atoms with Crippen LogP contribution in [0.2, 0.25) is 0 Å². The monoisotopic (exact) mass is 360 g/mol. The lowest BCUT2D eigenvalue weighted by molar-refractivity contribution is 0.0508. The highest BCUT2D eigenvalue weighted by Gasteiger charge is 2.20. The molecule has 0 spiro atoms. The molecule has 2 aromatic rings. The van der Waals surface area contributed by atoms with Gasteiger partial charge in [-0.25, -0.2) is 4.79 Å². The van der Waals surface area contributed by atoms with E-state index in [1.165, 1.54) is 28.4 Å². The van der Waals surface area contributed by atoms with E-state index in [1.54, 1.807) is 36.4 Å². The Morgan fingerprint density at radius 3 is 1.96 bits per heavy atom. The fraction of sp³-hybridized carbons (Fsp3) is 0.222. The maximum atomic E-state index is 12.4. The Labute approximate surface area is 151 Å². The summed E-state index contributed by atoms with van der Waals surface area (Å²) in [5.74, 6) is 0.847. The van der Waals surface area contributed by atoms with E-state index >= 15 is 0 Å². The number of nitrogens with zero attached hydrogens (tertiary/aromatic N) is 1. The van der Waals surface area contributed by atoms with E-state index in [1.807, 2.05) is 0 Å². The average molecular weight is 360 g/mol. The first-order valence-electron chi connectivity index (χ1n) is 7.53. The molecule has 0 aromatic heterocycles. The molecule has 2 aromatic carbocycles. The van der Waals surface area contributed by atoms with Gasteiger partial charge in [0, 0.05) is 5.56 Å². The van der Waals surface area contributed by atoms with Crippen LogP contribution >= 0.6 is 0 Å². The van der Waals surface area contributed by atoms with Gasteiger partial charge >= 0.3 is 5.97 Å². The summed E-state index contributed by atoms with van der Waals surface area (Å²) in [6.45, 7) is 0. The lowest BCUT2D eigenvalue weighted by Crippen LogP contribution is -2.16. The van der Waals surface area contributed by atoms with Gasteiger partial charge in [-0.3, -0.25) is 0 Å². The Bertz CT molecular complexity index is 797. The highest BCUT2D eigenvalue weighted by atomic mass is 16.7. The van der Waals surface area contributed by atoms with E-state index in [0.717, 1.165) is 0 Å². The lowest BCUT2D eigenvalue weighted by atomic mass is 10.2. The molecule has 0 aliphatic heterocycles. The highest BCUT2D eigenvalue weighted by Crippen LogP contribution is 2.29. The molecule has 0 saturated heterocycles. The molecule has 0 fully saturated rings. The number of amidine groups is 1. The minimum Gasteiger partial charge on any atom is -0.496 e. The van der Waals surface area contributed by atoms with Gasteiger partial charge in [0.1, 0.15) is 17.1 Å². The number of hydrogen-bond donors (Lipinski definition) is 1. The van der Waals surface area contributed by atoms with Crippen molar-refractivity contribution in [2.24, 2.45) is 10.9 Å². The summed E-state index contributed by atoms with van der Waals surface area (Å²) >= 11 is 0. The summed E-state index contributed by atoms with van der Waals surface area (Å²) in [4.78, 5) is 17.3. The number of methoxy groups -OCH3 is 4. The highest BCUT2D eigenvalue weighted by molar-refractivity contribution is 5.99. The Balaban J connectivity index is 2.26. The molecule has 0 saturated carbocycles. The second-order valence-electron chi connectivity index (χ2n) is 4.96. The first-order valence-corrected chi connectivity index (χ1v) is 7.53. The van der Waals surface area contributed by atoms with Crippen molar-refractivity contribution >= 4 is 11.8 Å². The summed E-state index contributed by atoms with van der Waals surface area (Å²) in [6.07, 6.45) is 0. The van der Waals surface area contributed by atoms with Gasteiger partial charge in [-0.2, -0.15) is 0 Å². The van der Waals surface area contributed by atoms with Crippen LogP contribution in [0.15, 0.2) is 41.6 Å². The van der Waals surface area contributed by atoms with E-state index in [2.05, 4.69) is 5.16 Å². The third-order valence-corrected chi connectivity index (χ3v) is 3.54. The fourth-order valence-corrected chi connectivity index (χ4v) is 2.24. The Morgan fingerprint density at radius 2 is 1.42 bits per heavy atom. The number of benzene rings is 2. The maximum absolute atomic E-state index is 12.4. The topological polar surface area (TPSA) is 102 Å². The molecule has 26 heavy (non-hydrogen) atoms. The van der Waals surface area contributed by atoms with Gasteiger partial charge < -0.3 is 29.5 Å². The van der Waals surface area contributed by atoms with Crippen LogP contribution in [0.1, 0.15) is 15.9 Å². The third kappa shape index (κ3) is 3.97. The quantitative estimate of drug-likeness (QED) is 0.349. The minimum absolute atomic E-state index is 0.00633. The molecule has 0 radical (unpaired) electrons. The fourth-order valence-electron chi connectivity index (χ4n) is 2.24. The van der Waals surface area contributed by atoms with Gasteiger partial charge in [0.25, 0.3) is 0 Å². The van der Waals surface area contributed by atoms with Gasteiger partial charge in [-0.1, -0.05) is 11.2 Å². The van der Waals surface area contributed by atoms with Gasteiger partial charge in [0.2, 0.25) is 0 Å². The minimum atomic E-state index is -0.761. The van der Waals surface area contributed by atoms with Gasteiger partial charge in [0.15, 0.2) is 17.3 Å². The number of carbonyl (C=O) groups excluding carboxylic acids is 1. The SMILES string of the molecule is COc1ccc(/C(N)=N\OC(=O)c2c(OC)cccc2OC)cc1OC. The van der Waals surface area contributed by atoms with Gasteiger partial charge in [-0.05, 0) is 30.3 Å². The Kier molecular flexibility index (Phi) is 6.26. The van der Waals surface area contributed by atoms with Crippen molar-refractivity contribution in [3.05, 3.63) is 47.5 Å². The van der Waals surface area contributed by atoms with E-state index in [9.17, 15) is 4.79 Å². The zero-order valence-corrected chi connectivity index (χ0v) is 14.9. The molecule has 0 atom stereocenters. The number of nitrogens with two attached hydrogens (primary N) is 1. The van der Waals surface area contributed by atoms with E-state index in [-0.39, 0.29) is 11.4 Å². The molecule has 0 aliphatic rings. The maximum Gasteiger partial charge on any atom is 0.373 e. The summed E-state index contributed by atoms with van der Waals surface area (Å²) in [5, 5.41) is 3.69. The normalized spacial score (nSPS) is 10.8. The molecule has 8 nitrogen and oxygen atoms in total. The lowest BCUT2D eigenvalue weighted by Gasteiger charge is -2.11. The average Bonchev–Trinajstić information content (AvgIpc) is 2.70. The molecule has 2 N–H and O–H groups in total. The Hall–Kier alpha value is -3.42. The van der Waals surface area contributed by atoms with E-state index < -0.39 is 5.97 Å². The van der Waals surface area contributed by atoms with Crippen molar-refractivity contribution in [3.8, 4) is 23.0 Å². The number of ether oxygens (including phenoxy) is 4. The van der Waals surface area contributed by atoms with Crippen LogP contribution in [-0.4, -0.2) is 40.2 Å². The second-order valence-corrected chi connectivity index (χ2v) is 4.96. The van der Waals surface area contributed by atoms with Crippen molar-refractivity contribution < 1.29 is 28.6 Å². The van der Waals surface area contributed by atoms with Crippen molar-refractivity contribution in [1.29, 1.82) is 0 Å². The molecule has 0 aliphatic carbocycles. The van der Waals surface area contributed by atoms with Crippen LogP contribution in [0.4, 0.5) is 0 Å². The van der Waals surface area contributed by atoms with Crippen molar-refractivity contribution in [3.63, 3.8) is 0 Å². The smallest absolute Gasteiger partial charge is 0.373 e. The van der Waals surface area contributed by atoms with Crippen molar-refractivity contribution in [1.82, 2.24) is 0 Å². The number of hydrogen-bond acceptors (Lipinski definition) is 7. The molecule has 0 bridgehead atoms. The summed E-state index contributed by atoms with van der Waals surface area (Å²) in [5.41, 5.74) is 6.51. The van der Waals surface area contributed by atoms with Crippen molar-refractivity contribution in [2.45, 2.75) is 0 Å². The number of oxime groups is 1. The second kappa shape index (κ2) is 8.61. The molecule has 0 amide bonds. The molecule has 138 valence electrons. The summed E-state index contributed by atoms with van der Waals surface area (Å²) in [6, 6.07) is 9.87. The van der Waals surface area contributed by atoms with Crippen LogP contribution in [0.25, 0.3) is 0 Å². The van der Waals surface area contributed by atoms with Crippen LogP contribution in [-0.2, 0) is 4.84 Å². The largest absolute Gasteiger partial charge is 0.496 e. The van der Waals surface area contributed by atoms with Gasteiger partial charge in [-0.15, -0.1) is 0 Å². The van der Waals surface area contributed by atoms with E-state index in [0.29, 0.717) is 28.6 Å². The summed E-state index contributed by atoms with van der Waals surface area (Å²) < 4.78 is 20.7. The summed E-state index contributed by atoms with van der Waals surface area (Å²) in [7, 11) is 5.90. The van der Waals surface area contributed by atoms with Crippen molar-refractivity contribution in [2.75, 3.05) is 28.4 Å². The zero-order valence-electron chi connectivity index (χ0n) is 14.9. The predicted octanol–water partition coefficient (Wildman–Crippen LogP) is 2.20. The molecule has 0 heterocycles. The zero-order chi connectivity index (χ0) is 19.1. The Morgan fingerprint density at radius 1 is 0.846 bits per heavy atom. The van der Waals surface area contributed by atoms with E-state index in [4.69, 9.17) is 29.5 Å². The van der Waals surface area contributed by atoms with Crippen LogP contribution in [0.5, 0.6) is 23.0 Å². The molecule has 2 rings (SSSR count).